The second-order valence-corrected chi connectivity index (χ2v) is 5.76. The molecular formula is C13H12FN3O2S. The summed E-state index contributed by atoms with van der Waals surface area (Å²) in [5.41, 5.74) is 1.31. The molecule has 5 nitrogen and oxygen atoms in total. The van der Waals surface area contributed by atoms with E-state index in [2.05, 4.69) is 14.9 Å². The maximum atomic E-state index is 12.9. The zero-order valence-electron chi connectivity index (χ0n) is 10.6. The molecule has 0 atom stereocenters. The first kappa shape index (κ1) is 14.1. The van der Waals surface area contributed by atoms with E-state index >= 15 is 0 Å². The van der Waals surface area contributed by atoms with E-state index in [4.69, 9.17) is 0 Å². The minimum atomic E-state index is -3.72. The van der Waals surface area contributed by atoms with Gasteiger partial charge in [0.05, 0.1) is 17.3 Å². The Hall–Kier alpha value is -2.28. The van der Waals surface area contributed by atoms with E-state index in [0.29, 0.717) is 5.56 Å². The average Bonchev–Trinajstić information content (AvgIpc) is 2.39. The molecule has 1 aromatic heterocycles. The SMILES string of the molecule is Cc1ccc(S(=O)(=O)N/N=C/c2cncc(F)c2)cc1. The highest BCUT2D eigenvalue weighted by Gasteiger charge is 2.11. The van der Waals surface area contributed by atoms with Gasteiger partial charge in [-0.3, -0.25) is 4.98 Å². The predicted molar refractivity (Wildman–Crippen MR) is 73.3 cm³/mol. The van der Waals surface area contributed by atoms with E-state index in [1.807, 2.05) is 6.92 Å². The third kappa shape index (κ3) is 3.61. The minimum absolute atomic E-state index is 0.109. The summed E-state index contributed by atoms with van der Waals surface area (Å²) in [4.78, 5) is 5.79. The molecule has 0 unspecified atom stereocenters. The van der Waals surface area contributed by atoms with Crippen LogP contribution in [0.1, 0.15) is 11.1 Å². The molecule has 0 bridgehead atoms. The fourth-order valence-corrected chi connectivity index (χ4v) is 2.23. The topological polar surface area (TPSA) is 71.4 Å². The largest absolute Gasteiger partial charge is 0.276 e. The first-order valence-corrected chi connectivity index (χ1v) is 7.18. The zero-order valence-corrected chi connectivity index (χ0v) is 11.4. The summed E-state index contributed by atoms with van der Waals surface area (Å²) in [6, 6.07) is 7.54. The van der Waals surface area contributed by atoms with Gasteiger partial charge in [0.25, 0.3) is 10.0 Å². The van der Waals surface area contributed by atoms with E-state index in [0.717, 1.165) is 11.8 Å². The minimum Gasteiger partial charge on any atom is -0.261 e. The lowest BCUT2D eigenvalue weighted by atomic mass is 10.2. The molecule has 0 radical (unpaired) electrons. The molecule has 0 spiro atoms. The fraction of sp³-hybridized carbons (Fsp3) is 0.0769. The van der Waals surface area contributed by atoms with Crippen LogP contribution in [0.5, 0.6) is 0 Å². The van der Waals surface area contributed by atoms with Crippen LogP contribution < -0.4 is 4.83 Å². The molecule has 7 heteroatoms. The van der Waals surface area contributed by atoms with E-state index in [-0.39, 0.29) is 4.90 Å². The van der Waals surface area contributed by atoms with Gasteiger partial charge in [-0.25, -0.2) is 9.22 Å². The van der Waals surface area contributed by atoms with E-state index < -0.39 is 15.8 Å². The highest BCUT2D eigenvalue weighted by Crippen LogP contribution is 2.09. The number of aromatic nitrogens is 1. The van der Waals surface area contributed by atoms with Crippen molar-refractivity contribution in [3.05, 3.63) is 59.7 Å². The Bertz CT molecular complexity index is 728. The van der Waals surface area contributed by atoms with Crippen molar-refractivity contribution in [2.24, 2.45) is 5.10 Å². The van der Waals surface area contributed by atoms with Gasteiger partial charge < -0.3 is 0 Å². The van der Waals surface area contributed by atoms with Crippen LogP contribution in [-0.4, -0.2) is 19.6 Å². The third-order valence-electron chi connectivity index (χ3n) is 2.44. The standard InChI is InChI=1S/C13H12FN3O2S/c1-10-2-4-13(5-3-10)20(18,19)17-16-8-11-6-12(14)9-15-7-11/h2-9,17H,1H3/b16-8+. The molecule has 0 amide bonds. The molecule has 0 saturated heterocycles. The molecule has 0 aliphatic heterocycles. The van der Waals surface area contributed by atoms with Crippen molar-refractivity contribution in [2.45, 2.75) is 11.8 Å². The van der Waals surface area contributed by atoms with E-state index in [1.165, 1.54) is 30.6 Å². The van der Waals surface area contributed by atoms with Crippen LogP contribution in [0.2, 0.25) is 0 Å². The molecule has 0 fully saturated rings. The number of hydrogen-bond donors (Lipinski definition) is 1. The van der Waals surface area contributed by atoms with Crippen LogP contribution >= 0.6 is 0 Å². The third-order valence-corrected chi connectivity index (χ3v) is 3.68. The van der Waals surface area contributed by atoms with Crippen molar-refractivity contribution in [1.82, 2.24) is 9.82 Å². The Morgan fingerprint density at radius 3 is 2.60 bits per heavy atom. The van der Waals surface area contributed by atoms with Crippen LogP contribution in [0.15, 0.2) is 52.7 Å². The molecule has 0 saturated carbocycles. The summed E-state index contributed by atoms with van der Waals surface area (Å²) >= 11 is 0. The van der Waals surface area contributed by atoms with Crippen molar-refractivity contribution in [3.8, 4) is 0 Å². The number of nitrogens with zero attached hydrogens (tertiary/aromatic N) is 2. The average molecular weight is 293 g/mol. The highest BCUT2D eigenvalue weighted by atomic mass is 32.2. The number of halogens is 1. The lowest BCUT2D eigenvalue weighted by Gasteiger charge is -2.03. The van der Waals surface area contributed by atoms with Gasteiger partial charge in [0.15, 0.2) is 0 Å². The molecular weight excluding hydrogens is 281 g/mol. The molecule has 0 aliphatic rings. The second-order valence-electron chi connectivity index (χ2n) is 4.10. The second kappa shape index (κ2) is 5.79. The molecule has 1 heterocycles. The molecule has 20 heavy (non-hydrogen) atoms. The summed E-state index contributed by atoms with van der Waals surface area (Å²) in [5, 5.41) is 3.58. The van der Waals surface area contributed by atoms with Gasteiger partial charge in [-0.1, -0.05) is 17.7 Å². The Balaban J connectivity index is 2.11. The first-order chi connectivity index (χ1) is 9.47. The van der Waals surface area contributed by atoms with Gasteiger partial charge in [0.2, 0.25) is 0 Å². The van der Waals surface area contributed by atoms with Gasteiger partial charge >= 0.3 is 0 Å². The van der Waals surface area contributed by atoms with Crippen molar-refractivity contribution in [1.29, 1.82) is 0 Å². The molecule has 104 valence electrons. The van der Waals surface area contributed by atoms with E-state index in [9.17, 15) is 12.8 Å². The normalized spacial score (nSPS) is 11.7. The van der Waals surface area contributed by atoms with Crippen molar-refractivity contribution >= 4 is 16.2 Å². The monoisotopic (exact) mass is 293 g/mol. The number of pyridine rings is 1. The van der Waals surface area contributed by atoms with Gasteiger partial charge in [-0.15, -0.1) is 0 Å². The zero-order chi connectivity index (χ0) is 14.6. The molecule has 1 N–H and O–H groups in total. The number of rotatable bonds is 4. The summed E-state index contributed by atoms with van der Waals surface area (Å²) in [6.07, 6.45) is 3.60. The van der Waals surface area contributed by atoms with Crippen molar-refractivity contribution < 1.29 is 12.8 Å². The van der Waals surface area contributed by atoms with Crippen molar-refractivity contribution in [2.75, 3.05) is 0 Å². The lowest BCUT2D eigenvalue weighted by molar-refractivity contribution is 0.584. The van der Waals surface area contributed by atoms with Gasteiger partial charge in [0, 0.05) is 11.8 Å². The lowest BCUT2D eigenvalue weighted by Crippen LogP contribution is -2.18. The summed E-state index contributed by atoms with van der Waals surface area (Å²) in [6.45, 7) is 1.86. The van der Waals surface area contributed by atoms with Crippen LogP contribution in [0, 0.1) is 12.7 Å². The predicted octanol–water partition coefficient (Wildman–Crippen LogP) is 1.84. The molecule has 1 aromatic carbocycles. The number of hydrazone groups is 1. The highest BCUT2D eigenvalue weighted by molar-refractivity contribution is 7.89. The summed E-state index contributed by atoms with van der Waals surface area (Å²) < 4.78 is 36.6. The first-order valence-electron chi connectivity index (χ1n) is 5.69. The van der Waals surface area contributed by atoms with Crippen LogP contribution in [-0.2, 0) is 10.0 Å². The van der Waals surface area contributed by atoms with Crippen LogP contribution in [0.3, 0.4) is 0 Å². The number of hydrogen-bond acceptors (Lipinski definition) is 4. The Labute approximate surface area is 116 Å². The number of aryl methyl sites for hydroxylation is 1. The Morgan fingerprint density at radius 1 is 1.25 bits per heavy atom. The van der Waals surface area contributed by atoms with Gasteiger partial charge in [-0.2, -0.15) is 13.5 Å². The number of nitrogens with one attached hydrogen (secondary N) is 1. The number of sulfonamides is 1. The van der Waals surface area contributed by atoms with Gasteiger partial charge in [0.1, 0.15) is 5.82 Å². The van der Waals surface area contributed by atoms with Crippen LogP contribution in [0.4, 0.5) is 4.39 Å². The smallest absolute Gasteiger partial charge is 0.261 e. The summed E-state index contributed by atoms with van der Waals surface area (Å²) in [5.74, 6) is -0.518. The maximum absolute atomic E-state index is 12.9. The fourth-order valence-electron chi connectivity index (χ4n) is 1.44. The Kier molecular flexibility index (Phi) is 4.09. The van der Waals surface area contributed by atoms with Gasteiger partial charge in [-0.05, 0) is 25.1 Å². The molecule has 2 aromatic rings. The van der Waals surface area contributed by atoms with Crippen LogP contribution in [0.25, 0.3) is 0 Å². The number of benzene rings is 1. The Morgan fingerprint density at radius 2 is 1.95 bits per heavy atom. The molecule has 2 rings (SSSR count). The summed E-state index contributed by atoms with van der Waals surface area (Å²) in [7, 11) is -3.72. The maximum Gasteiger partial charge on any atom is 0.276 e. The van der Waals surface area contributed by atoms with Crippen molar-refractivity contribution in [3.63, 3.8) is 0 Å². The van der Waals surface area contributed by atoms with E-state index in [1.54, 1.807) is 12.1 Å². The molecule has 0 aliphatic carbocycles. The quantitative estimate of drug-likeness (QED) is 0.690.